The minimum atomic E-state index is -0.919. The summed E-state index contributed by atoms with van der Waals surface area (Å²) >= 11 is 7.89. The van der Waals surface area contributed by atoms with Crippen LogP contribution in [0.3, 0.4) is 0 Å². The summed E-state index contributed by atoms with van der Waals surface area (Å²) in [5.74, 6) is 0.974. The number of ether oxygens (including phenoxy) is 1. The third kappa shape index (κ3) is 3.45. The number of hydrogen-bond donors (Lipinski definition) is 3. The summed E-state index contributed by atoms with van der Waals surface area (Å²) in [7, 11) is 1.83. The molecule has 5 N–H and O–H groups in total. The second-order valence-electron chi connectivity index (χ2n) is 8.79. The molecule has 11 heteroatoms. The standard InChI is InChI=1S/C21H28ClN7O2S/c1-12-17(23)21(11-31-12)5-9-28(10-6-21)20-26-18(24)16(19(30)27(20)2)32-14-4-8-29-13(15(14)22)3-7-25-29/h3-4,7-8,12,17,19,30H,5-6,9-11,23-24H2,1-2H3/t12-,17+,19?/m0/s1. The lowest BCUT2D eigenvalue weighted by Crippen LogP contribution is -2.56. The third-order valence-corrected chi connectivity index (χ3v) is 8.69. The Morgan fingerprint density at radius 1 is 1.31 bits per heavy atom. The van der Waals surface area contributed by atoms with Crippen LogP contribution < -0.4 is 11.5 Å². The normalized spacial score (nSPS) is 28.2. The van der Waals surface area contributed by atoms with E-state index in [0.29, 0.717) is 28.3 Å². The summed E-state index contributed by atoms with van der Waals surface area (Å²) in [6.45, 7) is 4.33. The highest BCUT2D eigenvalue weighted by Crippen LogP contribution is 2.42. The van der Waals surface area contributed by atoms with Gasteiger partial charge in [-0.15, -0.1) is 0 Å². The first-order valence-electron chi connectivity index (χ1n) is 10.7. The van der Waals surface area contributed by atoms with Crippen LogP contribution in [0.25, 0.3) is 5.52 Å². The molecule has 2 saturated heterocycles. The van der Waals surface area contributed by atoms with Crippen molar-refractivity contribution in [2.75, 3.05) is 26.7 Å². The van der Waals surface area contributed by atoms with Gasteiger partial charge < -0.3 is 31.1 Å². The van der Waals surface area contributed by atoms with Crippen molar-refractivity contribution in [2.45, 2.75) is 43.0 Å². The first-order chi connectivity index (χ1) is 15.3. The van der Waals surface area contributed by atoms with E-state index in [4.69, 9.17) is 27.8 Å². The van der Waals surface area contributed by atoms with Gasteiger partial charge in [-0.1, -0.05) is 23.4 Å². The van der Waals surface area contributed by atoms with Crippen molar-refractivity contribution >= 4 is 34.8 Å². The first kappa shape index (κ1) is 21.8. The molecule has 3 aliphatic heterocycles. The van der Waals surface area contributed by atoms with Crippen molar-refractivity contribution in [3.63, 3.8) is 0 Å². The Labute approximate surface area is 196 Å². The fraction of sp³-hybridized carbons (Fsp3) is 0.524. The van der Waals surface area contributed by atoms with Crippen LogP contribution in [0, 0.1) is 5.41 Å². The monoisotopic (exact) mass is 477 g/mol. The van der Waals surface area contributed by atoms with Crippen LogP contribution in [0.15, 0.2) is 45.1 Å². The summed E-state index contributed by atoms with van der Waals surface area (Å²) in [6, 6.07) is 3.75. The van der Waals surface area contributed by atoms with E-state index in [1.165, 1.54) is 11.8 Å². The molecule has 32 heavy (non-hydrogen) atoms. The van der Waals surface area contributed by atoms with Gasteiger partial charge in [0.15, 0.2) is 6.23 Å². The van der Waals surface area contributed by atoms with Gasteiger partial charge in [-0.2, -0.15) is 10.1 Å². The average molecular weight is 478 g/mol. The van der Waals surface area contributed by atoms with Gasteiger partial charge in [0, 0.05) is 42.7 Å². The Balaban J connectivity index is 1.37. The van der Waals surface area contributed by atoms with Gasteiger partial charge in [0.25, 0.3) is 0 Å². The van der Waals surface area contributed by atoms with Gasteiger partial charge in [0.05, 0.1) is 34.4 Å². The predicted molar refractivity (Wildman–Crippen MR) is 125 cm³/mol. The number of aliphatic hydroxyl groups is 1. The molecule has 0 bridgehead atoms. The average Bonchev–Trinajstić information content (AvgIpc) is 3.38. The van der Waals surface area contributed by atoms with Gasteiger partial charge in [-0.05, 0) is 31.9 Å². The number of aliphatic imine (C=N–C) groups is 1. The topological polar surface area (TPSA) is 118 Å². The quantitative estimate of drug-likeness (QED) is 0.597. The minimum absolute atomic E-state index is 0.0216. The molecule has 172 valence electrons. The molecule has 9 nitrogen and oxygen atoms in total. The van der Waals surface area contributed by atoms with Gasteiger partial charge >= 0.3 is 0 Å². The summed E-state index contributed by atoms with van der Waals surface area (Å²) in [5, 5.41) is 15.8. The first-order valence-corrected chi connectivity index (χ1v) is 11.9. The number of piperidine rings is 1. The van der Waals surface area contributed by atoms with Crippen LogP contribution in [0.4, 0.5) is 0 Å². The van der Waals surface area contributed by atoms with Gasteiger partial charge in [0.2, 0.25) is 5.96 Å². The van der Waals surface area contributed by atoms with E-state index in [0.717, 1.165) is 36.3 Å². The fourth-order valence-electron chi connectivity index (χ4n) is 4.82. The van der Waals surface area contributed by atoms with E-state index in [2.05, 4.69) is 15.0 Å². The van der Waals surface area contributed by atoms with E-state index in [1.54, 1.807) is 15.6 Å². The number of thioether (sulfide) groups is 1. The van der Waals surface area contributed by atoms with Crippen molar-refractivity contribution in [3.8, 4) is 0 Å². The number of hydrogen-bond acceptors (Lipinski definition) is 9. The number of nitrogens with two attached hydrogens (primary N) is 2. The SMILES string of the molecule is C[C@@H]1OCC2(CCN(C3=NC(N)=C(Sc4ccn5nccc5c4Cl)C(O)N3C)CC2)[C@@H]1N. The maximum atomic E-state index is 11.1. The molecule has 0 saturated carbocycles. The number of likely N-dealkylation sites (N-methyl/N-ethyl adjacent to an activating group) is 1. The molecule has 0 aliphatic carbocycles. The summed E-state index contributed by atoms with van der Waals surface area (Å²) in [6.07, 6.45) is 4.54. The van der Waals surface area contributed by atoms with E-state index in [1.807, 2.05) is 32.3 Å². The maximum absolute atomic E-state index is 11.1. The highest BCUT2D eigenvalue weighted by atomic mass is 35.5. The minimum Gasteiger partial charge on any atom is -0.383 e. The highest BCUT2D eigenvalue weighted by Gasteiger charge is 2.48. The molecule has 5 rings (SSSR count). The third-order valence-electron chi connectivity index (χ3n) is 6.98. The molecule has 3 aliphatic rings. The fourth-order valence-corrected chi connectivity index (χ4v) is 6.13. The Hall–Kier alpha value is -1.98. The lowest BCUT2D eigenvalue weighted by Gasteiger charge is -2.45. The van der Waals surface area contributed by atoms with Crippen LogP contribution >= 0.6 is 23.4 Å². The van der Waals surface area contributed by atoms with Crippen LogP contribution in [-0.2, 0) is 4.74 Å². The smallest absolute Gasteiger partial charge is 0.205 e. The number of rotatable bonds is 2. The van der Waals surface area contributed by atoms with Crippen molar-refractivity contribution in [2.24, 2.45) is 21.9 Å². The Bertz CT molecular complexity index is 1100. The van der Waals surface area contributed by atoms with Gasteiger partial charge in [-0.25, -0.2) is 4.52 Å². The van der Waals surface area contributed by atoms with Crippen LogP contribution in [0.5, 0.6) is 0 Å². The van der Waals surface area contributed by atoms with Crippen molar-refractivity contribution < 1.29 is 9.84 Å². The largest absolute Gasteiger partial charge is 0.383 e. The Morgan fingerprint density at radius 2 is 2.06 bits per heavy atom. The molecule has 0 radical (unpaired) electrons. The molecule has 5 heterocycles. The number of guanidine groups is 1. The molecule has 2 fully saturated rings. The van der Waals surface area contributed by atoms with Gasteiger partial charge in [-0.3, -0.25) is 0 Å². The van der Waals surface area contributed by atoms with E-state index in [9.17, 15) is 5.11 Å². The number of likely N-dealkylation sites (tertiary alicyclic amines) is 1. The molecule has 2 aromatic rings. The van der Waals surface area contributed by atoms with Crippen LogP contribution in [0.1, 0.15) is 19.8 Å². The van der Waals surface area contributed by atoms with Crippen molar-refractivity contribution in [1.82, 2.24) is 19.4 Å². The Morgan fingerprint density at radius 3 is 2.75 bits per heavy atom. The molecule has 0 amide bonds. The zero-order valence-electron chi connectivity index (χ0n) is 18.1. The maximum Gasteiger partial charge on any atom is 0.205 e. The molecular formula is C21H28ClN7O2S. The highest BCUT2D eigenvalue weighted by molar-refractivity contribution is 8.03. The molecule has 1 spiro atoms. The van der Waals surface area contributed by atoms with E-state index in [-0.39, 0.29) is 17.6 Å². The summed E-state index contributed by atoms with van der Waals surface area (Å²) < 4.78 is 7.53. The van der Waals surface area contributed by atoms with Crippen molar-refractivity contribution in [3.05, 3.63) is 40.3 Å². The molecule has 1 unspecified atom stereocenters. The predicted octanol–water partition coefficient (Wildman–Crippen LogP) is 1.66. The number of aromatic nitrogens is 2. The number of fused-ring (bicyclic) bond motifs is 1. The number of aliphatic hydroxyl groups excluding tert-OH is 1. The lowest BCUT2D eigenvalue weighted by molar-refractivity contribution is 0.0677. The summed E-state index contributed by atoms with van der Waals surface area (Å²) in [4.78, 5) is 9.93. The zero-order chi connectivity index (χ0) is 22.6. The second kappa shape index (κ2) is 8.11. The van der Waals surface area contributed by atoms with Crippen molar-refractivity contribution in [1.29, 1.82) is 0 Å². The molecule has 2 aromatic heterocycles. The molecule has 0 aromatic carbocycles. The number of pyridine rings is 1. The molecule has 3 atom stereocenters. The van der Waals surface area contributed by atoms with E-state index < -0.39 is 6.23 Å². The van der Waals surface area contributed by atoms with Gasteiger partial charge in [0.1, 0.15) is 5.82 Å². The Kier molecular flexibility index (Phi) is 5.53. The number of halogens is 1. The molecular weight excluding hydrogens is 450 g/mol. The van der Waals surface area contributed by atoms with Crippen LogP contribution in [0.2, 0.25) is 5.02 Å². The summed E-state index contributed by atoms with van der Waals surface area (Å²) in [5.41, 5.74) is 13.6. The lowest BCUT2D eigenvalue weighted by atomic mass is 9.73. The van der Waals surface area contributed by atoms with E-state index >= 15 is 0 Å². The zero-order valence-corrected chi connectivity index (χ0v) is 19.7. The second-order valence-corrected chi connectivity index (χ2v) is 10.3. The van der Waals surface area contributed by atoms with Crippen LogP contribution in [-0.4, -0.2) is 75.6 Å². The number of nitrogens with zero attached hydrogens (tertiary/aromatic N) is 5.